The van der Waals surface area contributed by atoms with Gasteiger partial charge < -0.3 is 20.1 Å². The van der Waals surface area contributed by atoms with Gasteiger partial charge in [0.25, 0.3) is 0 Å². The predicted octanol–water partition coefficient (Wildman–Crippen LogP) is 3.40. The Labute approximate surface area is 193 Å². The molecule has 0 aromatic heterocycles. The fourth-order valence-electron chi connectivity index (χ4n) is 3.55. The Balaban J connectivity index is 1.96. The van der Waals surface area contributed by atoms with Crippen LogP contribution in [-0.4, -0.2) is 48.8 Å². The highest BCUT2D eigenvalue weighted by atomic mass is 35.5. The summed E-state index contributed by atoms with van der Waals surface area (Å²) in [5, 5.41) is 4.31. The van der Waals surface area contributed by atoms with Gasteiger partial charge in [0.1, 0.15) is 11.8 Å². The Hall–Kier alpha value is -2.82. The summed E-state index contributed by atoms with van der Waals surface area (Å²) in [6.45, 7) is 2.05. The second kappa shape index (κ2) is 10.9. The number of hydrogen-bond donors (Lipinski definition) is 2. The Bertz CT molecular complexity index is 910. The lowest BCUT2D eigenvalue weighted by molar-refractivity contribution is -0.178. The number of hydrogen-bond acceptors (Lipinski definition) is 6. The number of halogens is 4. The number of ether oxygens (including phenoxy) is 2. The van der Waals surface area contributed by atoms with E-state index in [1.165, 1.54) is 12.2 Å². The first kappa shape index (κ1) is 26.4. The first-order valence-electron chi connectivity index (χ1n) is 10.2. The van der Waals surface area contributed by atoms with Gasteiger partial charge in [-0.25, -0.2) is 9.59 Å². The van der Waals surface area contributed by atoms with Crippen molar-refractivity contribution in [3.8, 4) is 0 Å². The van der Waals surface area contributed by atoms with Crippen molar-refractivity contribution in [3.63, 3.8) is 0 Å². The second-order valence-electron chi connectivity index (χ2n) is 7.65. The highest BCUT2D eigenvalue weighted by Gasteiger charge is 2.43. The van der Waals surface area contributed by atoms with Crippen LogP contribution in [0.25, 0.3) is 0 Å². The molecule has 2 rings (SSSR count). The molecule has 1 aromatic carbocycles. The summed E-state index contributed by atoms with van der Waals surface area (Å²) in [6.07, 6.45) is -5.36. The van der Waals surface area contributed by atoms with Crippen molar-refractivity contribution >= 4 is 35.4 Å². The molecule has 0 saturated heterocycles. The van der Waals surface area contributed by atoms with Crippen molar-refractivity contribution in [3.05, 3.63) is 34.9 Å². The second-order valence-corrected chi connectivity index (χ2v) is 8.06. The first-order valence-corrected chi connectivity index (χ1v) is 10.6. The maximum absolute atomic E-state index is 12.8. The normalized spacial score (nSPS) is 20.4. The molecule has 1 saturated carbocycles. The van der Waals surface area contributed by atoms with Crippen LogP contribution in [0.3, 0.4) is 0 Å². The maximum atomic E-state index is 12.8. The van der Waals surface area contributed by atoms with Crippen LogP contribution in [-0.2, 0) is 29.3 Å². The zero-order valence-electron chi connectivity index (χ0n) is 18.0. The van der Waals surface area contributed by atoms with Gasteiger partial charge in [0.05, 0.1) is 5.41 Å². The van der Waals surface area contributed by atoms with Gasteiger partial charge in [-0.3, -0.25) is 9.59 Å². The number of ketones is 1. The number of carbonyl (C=O) groups is 4. The van der Waals surface area contributed by atoms with E-state index < -0.39 is 41.9 Å². The lowest BCUT2D eigenvalue weighted by Gasteiger charge is -2.37. The molecule has 0 spiro atoms. The van der Waals surface area contributed by atoms with Gasteiger partial charge >= 0.3 is 24.1 Å². The topological polar surface area (TPSA) is 111 Å². The summed E-state index contributed by atoms with van der Waals surface area (Å²) < 4.78 is 46.5. The minimum atomic E-state index is -5.16. The number of amides is 2. The van der Waals surface area contributed by atoms with Gasteiger partial charge in [-0.15, -0.1) is 0 Å². The van der Waals surface area contributed by atoms with Gasteiger partial charge in [0.2, 0.25) is 6.29 Å². The van der Waals surface area contributed by atoms with Crippen LogP contribution in [0.4, 0.5) is 18.0 Å². The van der Waals surface area contributed by atoms with Gasteiger partial charge in [0.15, 0.2) is 0 Å². The minimum Gasteiger partial charge on any atom is -0.424 e. The number of alkyl halides is 3. The Morgan fingerprint density at radius 2 is 1.82 bits per heavy atom. The molecule has 12 heteroatoms. The molecular formula is C21H24ClF3N2O6. The SMILES string of the molecule is CC(OC(=O)NC[C@@]1(c2ccccc2Cl)CCCCC1=O)OC(=O)[C@H](C)NC(=O)C(F)(F)F. The first-order chi connectivity index (χ1) is 15.4. The summed E-state index contributed by atoms with van der Waals surface area (Å²) in [5.74, 6) is -3.61. The van der Waals surface area contributed by atoms with Crippen molar-refractivity contribution in [2.75, 3.05) is 6.54 Å². The van der Waals surface area contributed by atoms with Crippen LogP contribution in [0.15, 0.2) is 24.3 Å². The van der Waals surface area contributed by atoms with Crippen LogP contribution >= 0.6 is 11.6 Å². The maximum Gasteiger partial charge on any atom is 0.471 e. The minimum absolute atomic E-state index is 0.0733. The van der Waals surface area contributed by atoms with E-state index in [9.17, 15) is 32.3 Å². The molecule has 0 aliphatic heterocycles. The summed E-state index contributed by atoms with van der Waals surface area (Å²) in [5.41, 5.74) is -0.447. The lowest BCUT2D eigenvalue weighted by atomic mass is 9.68. The van der Waals surface area contributed by atoms with Crippen LogP contribution in [0.5, 0.6) is 0 Å². The summed E-state index contributed by atoms with van der Waals surface area (Å²) >= 11 is 6.31. The molecule has 8 nitrogen and oxygen atoms in total. The highest BCUT2D eigenvalue weighted by Crippen LogP contribution is 2.39. The average molecular weight is 493 g/mol. The number of benzene rings is 1. The summed E-state index contributed by atoms with van der Waals surface area (Å²) in [6, 6.07) is 5.21. The van der Waals surface area contributed by atoms with E-state index in [4.69, 9.17) is 21.1 Å². The van der Waals surface area contributed by atoms with Gasteiger partial charge in [0, 0.05) is 24.9 Å². The molecule has 3 atom stereocenters. The van der Waals surface area contributed by atoms with Crippen LogP contribution in [0.1, 0.15) is 45.1 Å². The van der Waals surface area contributed by atoms with E-state index >= 15 is 0 Å². The van der Waals surface area contributed by atoms with Crippen molar-refractivity contribution in [1.29, 1.82) is 0 Å². The summed E-state index contributed by atoms with van der Waals surface area (Å²) in [4.78, 5) is 47.8. The number of esters is 1. The number of carbonyl (C=O) groups excluding carboxylic acids is 4. The van der Waals surface area contributed by atoms with E-state index in [-0.39, 0.29) is 12.3 Å². The number of nitrogens with one attached hydrogen (secondary N) is 2. The van der Waals surface area contributed by atoms with Crippen molar-refractivity contribution in [1.82, 2.24) is 10.6 Å². The van der Waals surface area contributed by atoms with Crippen LogP contribution in [0, 0.1) is 0 Å². The Morgan fingerprint density at radius 1 is 1.15 bits per heavy atom. The molecule has 0 bridgehead atoms. The third-order valence-corrected chi connectivity index (χ3v) is 5.56. The van der Waals surface area contributed by atoms with E-state index in [2.05, 4.69) is 5.32 Å². The number of Topliss-reactive ketones (excluding diaryl/α,β-unsaturated/α-hetero) is 1. The van der Waals surface area contributed by atoms with Crippen LogP contribution in [0.2, 0.25) is 5.02 Å². The molecule has 1 aliphatic rings. The average Bonchev–Trinajstić information content (AvgIpc) is 2.73. The van der Waals surface area contributed by atoms with Gasteiger partial charge in [-0.2, -0.15) is 13.2 Å². The zero-order chi connectivity index (χ0) is 24.8. The molecule has 0 heterocycles. The fraction of sp³-hybridized carbons (Fsp3) is 0.524. The molecular weight excluding hydrogens is 469 g/mol. The smallest absolute Gasteiger partial charge is 0.424 e. The summed E-state index contributed by atoms with van der Waals surface area (Å²) in [7, 11) is 0. The Morgan fingerprint density at radius 3 is 2.42 bits per heavy atom. The van der Waals surface area contributed by atoms with E-state index in [0.29, 0.717) is 23.4 Å². The molecule has 33 heavy (non-hydrogen) atoms. The quantitative estimate of drug-likeness (QED) is 0.446. The van der Waals surface area contributed by atoms with E-state index in [0.717, 1.165) is 19.8 Å². The largest absolute Gasteiger partial charge is 0.471 e. The van der Waals surface area contributed by atoms with Crippen molar-refractivity contribution < 1.29 is 41.8 Å². The lowest BCUT2D eigenvalue weighted by Crippen LogP contribution is -2.49. The van der Waals surface area contributed by atoms with Crippen molar-refractivity contribution in [2.45, 2.75) is 63.5 Å². The van der Waals surface area contributed by atoms with Crippen molar-refractivity contribution in [2.24, 2.45) is 0 Å². The number of alkyl carbamates (subject to hydrolysis) is 1. The number of rotatable bonds is 7. The highest BCUT2D eigenvalue weighted by molar-refractivity contribution is 6.31. The Kier molecular flexibility index (Phi) is 8.70. The van der Waals surface area contributed by atoms with E-state index in [1.54, 1.807) is 24.3 Å². The molecule has 1 aliphatic carbocycles. The third kappa shape index (κ3) is 6.83. The monoisotopic (exact) mass is 492 g/mol. The molecule has 1 unspecified atom stereocenters. The van der Waals surface area contributed by atoms with E-state index in [1.807, 2.05) is 0 Å². The third-order valence-electron chi connectivity index (χ3n) is 5.23. The molecule has 0 radical (unpaired) electrons. The molecule has 182 valence electrons. The van der Waals surface area contributed by atoms with Crippen LogP contribution < -0.4 is 10.6 Å². The molecule has 2 amide bonds. The molecule has 2 N–H and O–H groups in total. The van der Waals surface area contributed by atoms with Gasteiger partial charge in [-0.05, 0) is 31.4 Å². The predicted molar refractivity (Wildman–Crippen MR) is 110 cm³/mol. The standard InChI is InChI=1S/C21H24ClF3N2O6/c1-12(27-18(30)21(23,24)25)17(29)32-13(2)33-19(31)26-11-20(10-6-5-9-16(20)28)14-7-3-4-8-15(14)22/h3-4,7-8,12-13H,5-6,9-11H2,1-2H3,(H,26,31)(H,27,30)/t12-,13?,20+/m0/s1. The fourth-order valence-corrected chi connectivity index (χ4v) is 3.87. The van der Waals surface area contributed by atoms with Gasteiger partial charge in [-0.1, -0.05) is 36.2 Å². The molecule has 1 fully saturated rings. The zero-order valence-corrected chi connectivity index (χ0v) is 18.7. The molecule has 1 aromatic rings.